The van der Waals surface area contributed by atoms with Crippen molar-refractivity contribution in [1.29, 1.82) is 0 Å². The first-order valence-corrected chi connectivity index (χ1v) is 9.41. The molecule has 0 fully saturated rings. The smallest absolute Gasteiger partial charge is 0.212 e. The summed E-state index contributed by atoms with van der Waals surface area (Å²) in [5, 5.41) is 3.61. The van der Waals surface area contributed by atoms with Gasteiger partial charge >= 0.3 is 0 Å². The van der Waals surface area contributed by atoms with Crippen molar-refractivity contribution in [3.05, 3.63) is 65.3 Å². The van der Waals surface area contributed by atoms with Gasteiger partial charge in [-0.15, -0.1) is 11.3 Å². The maximum atomic E-state index is 13.0. The molecule has 0 spiro atoms. The lowest BCUT2D eigenvalue weighted by atomic mass is 10.1. The van der Waals surface area contributed by atoms with E-state index in [2.05, 4.69) is 4.98 Å². The number of methoxy groups -OCH3 is 3. The van der Waals surface area contributed by atoms with E-state index in [4.69, 9.17) is 14.2 Å². The number of thiazole rings is 1. The lowest BCUT2D eigenvalue weighted by Gasteiger charge is -2.13. The van der Waals surface area contributed by atoms with Crippen LogP contribution in [0, 0.1) is 0 Å². The fourth-order valence-corrected chi connectivity index (χ4v) is 3.89. The molecule has 2 aromatic heterocycles. The number of nitrogens with zero attached hydrogens (tertiary/aromatic N) is 2. The zero-order valence-corrected chi connectivity index (χ0v) is 16.4. The Balaban J connectivity index is 1.72. The Morgan fingerprint density at radius 1 is 1.00 bits per heavy atom. The van der Waals surface area contributed by atoms with Crippen molar-refractivity contribution in [3.63, 3.8) is 0 Å². The summed E-state index contributed by atoms with van der Waals surface area (Å²) < 4.78 is 18.0. The highest BCUT2D eigenvalue weighted by Gasteiger charge is 2.20. The Labute approximate surface area is 165 Å². The topological polar surface area (TPSA) is 62.6 Å². The Morgan fingerprint density at radius 3 is 2.39 bits per heavy atom. The summed E-state index contributed by atoms with van der Waals surface area (Å²) >= 11 is 1.42. The number of aromatic nitrogens is 2. The third kappa shape index (κ3) is 2.99. The third-order valence-electron chi connectivity index (χ3n) is 4.46. The maximum Gasteiger partial charge on any atom is 0.212 e. The highest BCUT2D eigenvalue weighted by molar-refractivity contribution is 7.12. The predicted molar refractivity (Wildman–Crippen MR) is 108 cm³/mol. The lowest BCUT2D eigenvalue weighted by molar-refractivity contribution is 0.103. The van der Waals surface area contributed by atoms with Crippen LogP contribution in [-0.4, -0.2) is 36.7 Å². The summed E-state index contributed by atoms with van der Waals surface area (Å²) in [7, 11) is 4.56. The monoisotopic (exact) mass is 394 g/mol. The Morgan fingerprint density at radius 2 is 1.71 bits per heavy atom. The summed E-state index contributed by atoms with van der Waals surface area (Å²) in [5.74, 6) is 1.09. The minimum atomic E-state index is -0.210. The first-order chi connectivity index (χ1) is 13.7. The molecule has 0 atom stereocenters. The maximum absolute atomic E-state index is 13.0. The van der Waals surface area contributed by atoms with Crippen LogP contribution in [0.1, 0.15) is 16.1 Å². The molecule has 0 radical (unpaired) electrons. The van der Waals surface area contributed by atoms with Gasteiger partial charge in [0.25, 0.3) is 0 Å². The molecule has 0 saturated heterocycles. The molecule has 2 heterocycles. The Kier molecular flexibility index (Phi) is 4.75. The number of ketones is 1. The molecule has 0 amide bonds. The molecule has 2 aromatic carbocycles. The second-order valence-electron chi connectivity index (χ2n) is 6.00. The third-order valence-corrected chi connectivity index (χ3v) is 5.30. The molecule has 0 bridgehead atoms. The zero-order valence-electron chi connectivity index (χ0n) is 15.6. The van der Waals surface area contributed by atoms with E-state index in [1.807, 2.05) is 41.1 Å². The van der Waals surface area contributed by atoms with E-state index in [1.165, 1.54) is 32.7 Å². The van der Waals surface area contributed by atoms with Crippen LogP contribution < -0.4 is 14.2 Å². The van der Waals surface area contributed by atoms with Gasteiger partial charge in [0.2, 0.25) is 11.5 Å². The summed E-state index contributed by atoms with van der Waals surface area (Å²) in [5.41, 5.74) is 1.83. The molecule has 4 rings (SSSR count). The first-order valence-electron chi connectivity index (χ1n) is 8.53. The number of benzene rings is 2. The second-order valence-corrected chi connectivity index (χ2v) is 6.84. The molecule has 4 aromatic rings. The molecule has 0 aliphatic rings. The second kappa shape index (κ2) is 7.36. The number of fused-ring (bicyclic) bond motifs is 1. The average molecular weight is 394 g/mol. The molecule has 0 N–H and O–H groups in total. The van der Waals surface area contributed by atoms with Crippen LogP contribution in [0.3, 0.4) is 0 Å². The van der Waals surface area contributed by atoms with Crippen LogP contribution in [0.4, 0.5) is 0 Å². The number of carbonyl (C=O) groups excluding carboxylic acids is 1. The normalized spacial score (nSPS) is 10.8. The molecule has 7 heteroatoms. The first kappa shape index (κ1) is 18.1. The molecule has 0 aliphatic heterocycles. The molecule has 28 heavy (non-hydrogen) atoms. The summed E-state index contributed by atoms with van der Waals surface area (Å²) in [6, 6.07) is 13.3. The molecule has 0 saturated carbocycles. The van der Waals surface area contributed by atoms with Gasteiger partial charge in [-0.2, -0.15) is 0 Å². The van der Waals surface area contributed by atoms with Crippen LogP contribution in [-0.2, 0) is 0 Å². The standard InChI is InChI=1S/C21H18N2O4S/c1-25-17-10-14(11-18(26-2)20(17)27-3)19(24)15-12-28-21(22-15)23-9-8-13-6-4-5-7-16(13)23/h4-12H,1-3H3. The van der Waals surface area contributed by atoms with E-state index in [1.54, 1.807) is 17.5 Å². The van der Waals surface area contributed by atoms with Crippen molar-refractivity contribution in [3.8, 4) is 22.4 Å². The zero-order chi connectivity index (χ0) is 19.7. The highest BCUT2D eigenvalue weighted by Crippen LogP contribution is 2.38. The van der Waals surface area contributed by atoms with Gasteiger partial charge < -0.3 is 14.2 Å². The Bertz CT molecular complexity index is 1140. The number of rotatable bonds is 6. The van der Waals surface area contributed by atoms with Crippen LogP contribution >= 0.6 is 11.3 Å². The average Bonchev–Trinajstić information content (AvgIpc) is 3.38. The molecule has 0 aliphatic carbocycles. The lowest BCUT2D eigenvalue weighted by Crippen LogP contribution is -2.05. The SMILES string of the molecule is COc1cc(C(=O)c2csc(-n3ccc4ccccc43)n2)cc(OC)c1OC. The van der Waals surface area contributed by atoms with Crippen molar-refractivity contribution in [2.24, 2.45) is 0 Å². The number of carbonyl (C=O) groups is 1. The fraction of sp³-hybridized carbons (Fsp3) is 0.143. The summed E-state index contributed by atoms with van der Waals surface area (Å²) in [6.45, 7) is 0. The predicted octanol–water partition coefficient (Wildman–Crippen LogP) is 4.34. The van der Waals surface area contributed by atoms with Crippen LogP contribution in [0.2, 0.25) is 0 Å². The van der Waals surface area contributed by atoms with E-state index in [-0.39, 0.29) is 5.78 Å². The Hall–Kier alpha value is -3.32. The van der Waals surface area contributed by atoms with Gasteiger partial charge in [-0.05, 0) is 24.3 Å². The van der Waals surface area contributed by atoms with Gasteiger partial charge in [0.05, 0.1) is 26.8 Å². The van der Waals surface area contributed by atoms with Gasteiger partial charge in [0.15, 0.2) is 16.6 Å². The molecule has 142 valence electrons. The van der Waals surface area contributed by atoms with Crippen molar-refractivity contribution >= 4 is 28.0 Å². The van der Waals surface area contributed by atoms with Gasteiger partial charge in [-0.3, -0.25) is 9.36 Å². The van der Waals surface area contributed by atoms with E-state index >= 15 is 0 Å². The molecular weight excluding hydrogens is 376 g/mol. The quantitative estimate of drug-likeness (QED) is 0.455. The van der Waals surface area contributed by atoms with Gasteiger partial charge in [-0.1, -0.05) is 18.2 Å². The number of ether oxygens (including phenoxy) is 3. The van der Waals surface area contributed by atoms with Crippen molar-refractivity contribution in [2.45, 2.75) is 0 Å². The van der Waals surface area contributed by atoms with E-state index < -0.39 is 0 Å². The van der Waals surface area contributed by atoms with Crippen molar-refractivity contribution in [1.82, 2.24) is 9.55 Å². The largest absolute Gasteiger partial charge is 0.493 e. The molecular formula is C21H18N2O4S. The minimum Gasteiger partial charge on any atom is -0.493 e. The van der Waals surface area contributed by atoms with Gasteiger partial charge in [0, 0.05) is 22.5 Å². The van der Waals surface area contributed by atoms with E-state index in [0.29, 0.717) is 28.5 Å². The number of hydrogen-bond acceptors (Lipinski definition) is 6. The minimum absolute atomic E-state index is 0.210. The van der Waals surface area contributed by atoms with Crippen molar-refractivity contribution in [2.75, 3.05) is 21.3 Å². The summed E-state index contributed by atoms with van der Waals surface area (Å²) in [6.07, 6.45) is 1.96. The van der Waals surface area contributed by atoms with Crippen LogP contribution in [0.15, 0.2) is 54.0 Å². The molecule has 0 unspecified atom stereocenters. The number of hydrogen-bond donors (Lipinski definition) is 0. The van der Waals surface area contributed by atoms with Crippen LogP contribution in [0.5, 0.6) is 17.2 Å². The summed E-state index contributed by atoms with van der Waals surface area (Å²) in [4.78, 5) is 17.6. The van der Waals surface area contributed by atoms with Crippen molar-refractivity contribution < 1.29 is 19.0 Å². The molecule has 6 nitrogen and oxygen atoms in total. The van der Waals surface area contributed by atoms with Crippen LogP contribution in [0.25, 0.3) is 16.0 Å². The van der Waals surface area contributed by atoms with Gasteiger partial charge in [0.1, 0.15) is 5.69 Å². The van der Waals surface area contributed by atoms with E-state index in [0.717, 1.165) is 16.0 Å². The van der Waals surface area contributed by atoms with Gasteiger partial charge in [-0.25, -0.2) is 4.98 Å². The highest BCUT2D eigenvalue weighted by atomic mass is 32.1. The fourth-order valence-electron chi connectivity index (χ4n) is 3.09. The number of para-hydroxylation sites is 1. The van der Waals surface area contributed by atoms with E-state index in [9.17, 15) is 4.79 Å².